The minimum Gasteiger partial charge on any atom is -0.460 e. The Labute approximate surface area is 145 Å². The lowest BCUT2D eigenvalue weighted by molar-refractivity contribution is -0.120. The first-order valence-electron chi connectivity index (χ1n) is 7.56. The number of halogens is 1. The predicted octanol–water partition coefficient (Wildman–Crippen LogP) is 3.92. The Kier molecular flexibility index (Phi) is 4.99. The van der Waals surface area contributed by atoms with Gasteiger partial charge in [0.1, 0.15) is 17.6 Å². The number of primary amides is 1. The quantitative estimate of drug-likeness (QED) is 0.714. The number of carbonyl (C=O) groups is 1. The molecular weight excluding hydrogens is 324 g/mol. The number of amides is 1. The van der Waals surface area contributed by atoms with Crippen molar-refractivity contribution in [2.24, 2.45) is 5.73 Å². The van der Waals surface area contributed by atoms with Crippen molar-refractivity contribution in [3.8, 4) is 11.3 Å². The Bertz CT molecular complexity index is 813. The lowest BCUT2D eigenvalue weighted by Gasteiger charge is -2.14. The van der Waals surface area contributed by atoms with Gasteiger partial charge in [0, 0.05) is 10.6 Å². The van der Waals surface area contributed by atoms with Gasteiger partial charge in [-0.05, 0) is 42.0 Å². The molecule has 122 valence electrons. The first kappa shape index (κ1) is 16.3. The van der Waals surface area contributed by atoms with E-state index in [-0.39, 0.29) is 0 Å². The van der Waals surface area contributed by atoms with Gasteiger partial charge in [-0.3, -0.25) is 10.1 Å². The largest absolute Gasteiger partial charge is 0.460 e. The molecule has 3 rings (SSSR count). The Morgan fingerprint density at radius 2 is 1.75 bits per heavy atom. The number of benzene rings is 2. The summed E-state index contributed by atoms with van der Waals surface area (Å²) in [6.45, 7) is 0.399. The maximum Gasteiger partial charge on any atom is 0.239 e. The van der Waals surface area contributed by atoms with Crippen molar-refractivity contribution < 1.29 is 9.21 Å². The minimum absolute atomic E-state index is 0.399. The van der Waals surface area contributed by atoms with Crippen molar-refractivity contribution >= 4 is 17.5 Å². The van der Waals surface area contributed by atoms with Crippen molar-refractivity contribution in [3.63, 3.8) is 0 Å². The van der Waals surface area contributed by atoms with E-state index in [0.29, 0.717) is 11.6 Å². The second-order valence-electron chi connectivity index (χ2n) is 5.40. The van der Waals surface area contributed by atoms with Gasteiger partial charge in [-0.15, -0.1) is 0 Å². The molecule has 0 fully saturated rings. The normalized spacial score (nSPS) is 12.0. The molecule has 2 aromatic carbocycles. The number of nitrogens with one attached hydrogen (secondary N) is 1. The molecule has 0 aliphatic heterocycles. The summed E-state index contributed by atoms with van der Waals surface area (Å²) in [5.74, 6) is 1.05. The average molecular weight is 341 g/mol. The predicted molar refractivity (Wildman–Crippen MR) is 94.4 cm³/mol. The molecule has 0 saturated heterocycles. The third-order valence-electron chi connectivity index (χ3n) is 3.69. The number of hydrogen-bond donors (Lipinski definition) is 2. The van der Waals surface area contributed by atoms with E-state index >= 15 is 0 Å². The molecule has 24 heavy (non-hydrogen) atoms. The third-order valence-corrected chi connectivity index (χ3v) is 3.94. The van der Waals surface area contributed by atoms with Crippen LogP contribution in [0.3, 0.4) is 0 Å². The molecule has 1 unspecified atom stereocenters. The fourth-order valence-electron chi connectivity index (χ4n) is 2.47. The molecule has 1 aromatic heterocycles. The molecule has 0 aliphatic carbocycles. The van der Waals surface area contributed by atoms with Crippen molar-refractivity contribution in [3.05, 3.63) is 83.1 Å². The highest BCUT2D eigenvalue weighted by molar-refractivity contribution is 6.30. The van der Waals surface area contributed by atoms with Gasteiger partial charge in [0.05, 0.1) is 6.54 Å². The maximum atomic E-state index is 11.7. The highest BCUT2D eigenvalue weighted by Crippen LogP contribution is 2.24. The second kappa shape index (κ2) is 7.34. The van der Waals surface area contributed by atoms with Crippen molar-refractivity contribution in [2.45, 2.75) is 12.6 Å². The molecule has 3 N–H and O–H groups in total. The number of carbonyl (C=O) groups excluding carboxylic acids is 1. The van der Waals surface area contributed by atoms with Crippen LogP contribution in [-0.2, 0) is 11.3 Å². The Morgan fingerprint density at radius 1 is 1.04 bits per heavy atom. The van der Waals surface area contributed by atoms with Crippen molar-refractivity contribution in [1.82, 2.24) is 5.32 Å². The zero-order valence-corrected chi connectivity index (χ0v) is 13.7. The van der Waals surface area contributed by atoms with E-state index in [1.165, 1.54) is 0 Å². The zero-order valence-electron chi connectivity index (χ0n) is 12.9. The molecule has 0 saturated carbocycles. The Hall–Kier alpha value is -2.56. The number of hydrogen-bond acceptors (Lipinski definition) is 3. The summed E-state index contributed by atoms with van der Waals surface area (Å²) in [6, 6.07) is 20.0. The van der Waals surface area contributed by atoms with Gasteiger partial charge in [0.2, 0.25) is 5.91 Å². The molecule has 1 heterocycles. The van der Waals surface area contributed by atoms with E-state index in [1.807, 2.05) is 66.7 Å². The van der Waals surface area contributed by atoms with Gasteiger partial charge in [-0.25, -0.2) is 0 Å². The van der Waals surface area contributed by atoms with Crippen LogP contribution < -0.4 is 11.1 Å². The van der Waals surface area contributed by atoms with Crippen LogP contribution in [-0.4, -0.2) is 5.91 Å². The SMILES string of the molecule is NC(=O)C(NCc1ccc(-c2ccc(Cl)cc2)o1)c1ccccc1. The zero-order chi connectivity index (χ0) is 16.9. The van der Waals surface area contributed by atoms with E-state index in [9.17, 15) is 4.79 Å². The first-order chi connectivity index (χ1) is 11.6. The molecule has 3 aromatic rings. The van der Waals surface area contributed by atoms with Gasteiger partial charge in [0.15, 0.2) is 0 Å². The van der Waals surface area contributed by atoms with Gasteiger partial charge in [0.25, 0.3) is 0 Å². The maximum absolute atomic E-state index is 11.7. The molecule has 0 spiro atoms. The summed E-state index contributed by atoms with van der Waals surface area (Å²) in [7, 11) is 0. The van der Waals surface area contributed by atoms with Crippen molar-refractivity contribution in [2.75, 3.05) is 0 Å². The Morgan fingerprint density at radius 3 is 2.42 bits per heavy atom. The summed E-state index contributed by atoms with van der Waals surface area (Å²) in [5.41, 5.74) is 7.27. The van der Waals surface area contributed by atoms with Crippen LogP contribution in [0.4, 0.5) is 0 Å². The average Bonchev–Trinajstić information content (AvgIpc) is 3.05. The molecule has 4 nitrogen and oxygen atoms in total. The van der Waals surface area contributed by atoms with Gasteiger partial charge < -0.3 is 10.2 Å². The highest BCUT2D eigenvalue weighted by atomic mass is 35.5. The Balaban J connectivity index is 1.70. The van der Waals surface area contributed by atoms with E-state index in [2.05, 4.69) is 5.32 Å². The van der Waals surface area contributed by atoms with Crippen LogP contribution in [0.1, 0.15) is 17.4 Å². The topological polar surface area (TPSA) is 68.3 Å². The van der Waals surface area contributed by atoms with Crippen LogP contribution in [0.5, 0.6) is 0 Å². The number of furan rings is 1. The van der Waals surface area contributed by atoms with Gasteiger partial charge >= 0.3 is 0 Å². The van der Waals surface area contributed by atoms with E-state index < -0.39 is 11.9 Å². The minimum atomic E-state index is -0.560. The number of nitrogens with two attached hydrogens (primary N) is 1. The van der Waals surface area contributed by atoms with Gasteiger partial charge in [-0.1, -0.05) is 41.9 Å². The van der Waals surface area contributed by atoms with E-state index in [0.717, 1.165) is 22.6 Å². The monoisotopic (exact) mass is 340 g/mol. The molecule has 5 heteroatoms. The lowest BCUT2D eigenvalue weighted by Crippen LogP contribution is -2.33. The molecule has 0 bridgehead atoms. The standard InChI is InChI=1S/C19H17ClN2O2/c20-15-8-6-13(7-9-15)17-11-10-16(24-17)12-22-18(19(21)23)14-4-2-1-3-5-14/h1-11,18,22H,12H2,(H2,21,23). The molecule has 1 atom stereocenters. The third kappa shape index (κ3) is 3.85. The first-order valence-corrected chi connectivity index (χ1v) is 7.93. The summed E-state index contributed by atoms with van der Waals surface area (Å²) in [6.07, 6.45) is 0. The second-order valence-corrected chi connectivity index (χ2v) is 5.84. The van der Waals surface area contributed by atoms with E-state index in [1.54, 1.807) is 0 Å². The molecule has 0 radical (unpaired) electrons. The van der Waals surface area contributed by atoms with E-state index in [4.69, 9.17) is 21.8 Å². The van der Waals surface area contributed by atoms with Crippen molar-refractivity contribution in [1.29, 1.82) is 0 Å². The lowest BCUT2D eigenvalue weighted by atomic mass is 10.1. The molecule has 0 aliphatic rings. The van der Waals surface area contributed by atoms with Crippen LogP contribution in [0.25, 0.3) is 11.3 Å². The van der Waals surface area contributed by atoms with Crippen LogP contribution in [0.2, 0.25) is 5.02 Å². The molecular formula is C19H17ClN2O2. The van der Waals surface area contributed by atoms with Crippen LogP contribution >= 0.6 is 11.6 Å². The summed E-state index contributed by atoms with van der Waals surface area (Å²) >= 11 is 5.89. The highest BCUT2D eigenvalue weighted by Gasteiger charge is 2.17. The molecule has 1 amide bonds. The smallest absolute Gasteiger partial charge is 0.239 e. The summed E-state index contributed by atoms with van der Waals surface area (Å²) in [4.78, 5) is 11.7. The fourth-order valence-corrected chi connectivity index (χ4v) is 2.60. The summed E-state index contributed by atoms with van der Waals surface area (Å²) in [5, 5.41) is 3.82. The van der Waals surface area contributed by atoms with Gasteiger partial charge in [-0.2, -0.15) is 0 Å². The fraction of sp³-hybridized carbons (Fsp3) is 0.105. The van der Waals surface area contributed by atoms with Crippen LogP contribution in [0, 0.1) is 0 Å². The summed E-state index contributed by atoms with van der Waals surface area (Å²) < 4.78 is 5.82. The number of rotatable bonds is 6. The van der Waals surface area contributed by atoms with Crippen LogP contribution in [0.15, 0.2) is 71.1 Å².